The second-order valence-electron chi connectivity index (χ2n) is 6.08. The van der Waals surface area contributed by atoms with Gasteiger partial charge in [-0.15, -0.1) is 0 Å². The molecule has 0 aliphatic carbocycles. The largest absolute Gasteiger partial charge is 0.478 e. The number of aromatic nitrogens is 2. The minimum atomic E-state index is -1.01. The Balaban J connectivity index is 1.67. The number of carboxylic acids is 1. The molecule has 0 unspecified atom stereocenters. The highest BCUT2D eigenvalue weighted by molar-refractivity contribution is 6.36. The Kier molecular flexibility index (Phi) is 6.19. The van der Waals surface area contributed by atoms with E-state index in [0.717, 1.165) is 6.42 Å². The molecule has 2 N–H and O–H groups in total. The SMILES string of the molecule is N#Cc1ccc(NCCCn2cc(C(=O)O)c(-c3ccc(Cl)cc3Cl)c2)nc1. The maximum Gasteiger partial charge on any atom is 0.337 e. The van der Waals surface area contributed by atoms with Crippen LogP contribution in [0.5, 0.6) is 0 Å². The van der Waals surface area contributed by atoms with Gasteiger partial charge in [0.05, 0.1) is 11.1 Å². The van der Waals surface area contributed by atoms with E-state index in [9.17, 15) is 9.90 Å². The Hall–Kier alpha value is -3.01. The van der Waals surface area contributed by atoms with Gasteiger partial charge in [-0.3, -0.25) is 0 Å². The zero-order valence-corrected chi connectivity index (χ0v) is 16.2. The predicted octanol–water partition coefficient (Wildman–Crippen LogP) is 4.93. The van der Waals surface area contributed by atoms with E-state index in [1.807, 2.05) is 10.6 Å². The maximum atomic E-state index is 11.6. The number of nitrogens with zero attached hydrogens (tertiary/aromatic N) is 3. The van der Waals surface area contributed by atoms with Crippen LogP contribution in [0.4, 0.5) is 5.82 Å². The number of anilines is 1. The van der Waals surface area contributed by atoms with Crippen LogP contribution in [-0.2, 0) is 6.54 Å². The van der Waals surface area contributed by atoms with Crippen molar-refractivity contribution in [2.75, 3.05) is 11.9 Å². The number of aromatic carboxylic acids is 1. The monoisotopic (exact) mass is 414 g/mol. The van der Waals surface area contributed by atoms with Gasteiger partial charge >= 0.3 is 5.97 Å². The molecule has 0 spiro atoms. The maximum absolute atomic E-state index is 11.6. The van der Waals surface area contributed by atoms with E-state index in [1.165, 1.54) is 6.20 Å². The number of rotatable bonds is 7. The quantitative estimate of drug-likeness (QED) is 0.534. The average Bonchev–Trinajstić information content (AvgIpc) is 3.10. The number of hydrogen-bond donors (Lipinski definition) is 2. The molecule has 3 rings (SSSR count). The van der Waals surface area contributed by atoms with E-state index in [-0.39, 0.29) is 5.56 Å². The zero-order valence-electron chi connectivity index (χ0n) is 14.7. The molecule has 0 saturated heterocycles. The summed E-state index contributed by atoms with van der Waals surface area (Å²) >= 11 is 12.2. The van der Waals surface area contributed by atoms with Crippen molar-refractivity contribution >= 4 is 35.0 Å². The first-order chi connectivity index (χ1) is 13.5. The molecule has 0 saturated carbocycles. The van der Waals surface area contributed by atoms with Gasteiger partial charge in [0.2, 0.25) is 0 Å². The number of aryl methyl sites for hydroxylation is 1. The fraction of sp³-hybridized carbons (Fsp3) is 0.150. The van der Waals surface area contributed by atoms with E-state index in [4.69, 9.17) is 28.5 Å². The second-order valence-corrected chi connectivity index (χ2v) is 6.92. The Labute approximate surface area is 172 Å². The molecule has 8 heteroatoms. The van der Waals surface area contributed by atoms with Crippen LogP contribution in [0.2, 0.25) is 10.0 Å². The first kappa shape index (κ1) is 19.7. The fourth-order valence-electron chi connectivity index (χ4n) is 2.77. The molecule has 0 atom stereocenters. The lowest BCUT2D eigenvalue weighted by Crippen LogP contribution is -2.07. The summed E-state index contributed by atoms with van der Waals surface area (Å²) in [6, 6.07) is 10.5. The van der Waals surface area contributed by atoms with Gasteiger partial charge in [-0.05, 0) is 30.7 Å². The van der Waals surface area contributed by atoms with E-state index in [2.05, 4.69) is 10.3 Å². The van der Waals surface area contributed by atoms with Crippen molar-refractivity contribution in [1.82, 2.24) is 9.55 Å². The van der Waals surface area contributed by atoms with Crippen molar-refractivity contribution in [3.05, 3.63) is 70.1 Å². The number of benzene rings is 1. The standard InChI is InChI=1S/C20H16Cl2N4O2/c21-14-3-4-15(18(22)8-14)16-11-26(12-17(16)20(27)28)7-1-6-24-19-5-2-13(9-23)10-25-19/h2-5,8,10-12H,1,6-7H2,(H,24,25)(H,27,28). The molecule has 1 aromatic carbocycles. The van der Waals surface area contributed by atoms with Crippen LogP contribution in [0.3, 0.4) is 0 Å². The summed E-state index contributed by atoms with van der Waals surface area (Å²) in [4.78, 5) is 15.8. The first-order valence-electron chi connectivity index (χ1n) is 8.46. The van der Waals surface area contributed by atoms with Crippen LogP contribution in [-0.4, -0.2) is 27.2 Å². The van der Waals surface area contributed by atoms with Crippen LogP contribution >= 0.6 is 23.2 Å². The molecular weight excluding hydrogens is 399 g/mol. The smallest absolute Gasteiger partial charge is 0.337 e. The van der Waals surface area contributed by atoms with E-state index in [0.29, 0.717) is 45.6 Å². The molecule has 0 radical (unpaired) electrons. The summed E-state index contributed by atoms with van der Waals surface area (Å²) in [5.41, 5.74) is 1.87. The summed E-state index contributed by atoms with van der Waals surface area (Å²) in [5, 5.41) is 22.4. The van der Waals surface area contributed by atoms with Crippen molar-refractivity contribution < 1.29 is 9.90 Å². The number of carboxylic acid groups (broad SMARTS) is 1. The second kappa shape index (κ2) is 8.79. The minimum absolute atomic E-state index is 0.186. The van der Waals surface area contributed by atoms with Crippen molar-refractivity contribution in [2.45, 2.75) is 13.0 Å². The predicted molar refractivity (Wildman–Crippen MR) is 109 cm³/mol. The van der Waals surface area contributed by atoms with E-state index < -0.39 is 5.97 Å². The Morgan fingerprint density at radius 3 is 2.68 bits per heavy atom. The molecule has 2 heterocycles. The van der Waals surface area contributed by atoms with Crippen molar-refractivity contribution in [2.24, 2.45) is 0 Å². The summed E-state index contributed by atoms with van der Waals surface area (Å²) in [6.45, 7) is 1.27. The molecule has 2 aromatic heterocycles. The molecule has 142 valence electrons. The van der Waals surface area contributed by atoms with Gasteiger partial charge in [-0.1, -0.05) is 29.3 Å². The van der Waals surface area contributed by atoms with Crippen molar-refractivity contribution in [3.8, 4) is 17.2 Å². The van der Waals surface area contributed by atoms with Gasteiger partial charge < -0.3 is 15.0 Å². The lowest BCUT2D eigenvalue weighted by Gasteiger charge is -2.06. The first-order valence-corrected chi connectivity index (χ1v) is 9.22. The van der Waals surface area contributed by atoms with Gasteiger partial charge in [0.25, 0.3) is 0 Å². The number of hydrogen-bond acceptors (Lipinski definition) is 4. The summed E-state index contributed by atoms with van der Waals surface area (Å²) < 4.78 is 1.83. The topological polar surface area (TPSA) is 90.9 Å². The fourth-order valence-corrected chi connectivity index (χ4v) is 3.28. The molecule has 6 nitrogen and oxygen atoms in total. The van der Waals surface area contributed by atoms with Crippen LogP contribution in [0, 0.1) is 11.3 Å². The lowest BCUT2D eigenvalue weighted by atomic mass is 10.0. The Morgan fingerprint density at radius 2 is 2.04 bits per heavy atom. The zero-order chi connectivity index (χ0) is 20.1. The summed E-state index contributed by atoms with van der Waals surface area (Å²) in [5.74, 6) is -0.328. The third-order valence-electron chi connectivity index (χ3n) is 4.12. The highest BCUT2D eigenvalue weighted by Gasteiger charge is 2.17. The van der Waals surface area contributed by atoms with Crippen LogP contribution < -0.4 is 5.32 Å². The van der Waals surface area contributed by atoms with Gasteiger partial charge in [0, 0.05) is 52.9 Å². The summed E-state index contributed by atoms with van der Waals surface area (Å²) in [6.07, 6.45) is 5.64. The van der Waals surface area contributed by atoms with E-state index in [1.54, 1.807) is 42.7 Å². The van der Waals surface area contributed by atoms with E-state index >= 15 is 0 Å². The third-order valence-corrected chi connectivity index (χ3v) is 4.67. The van der Waals surface area contributed by atoms with Crippen molar-refractivity contribution in [1.29, 1.82) is 5.26 Å². The normalized spacial score (nSPS) is 10.5. The molecule has 0 aliphatic rings. The third kappa shape index (κ3) is 4.63. The number of carbonyl (C=O) groups is 1. The number of halogens is 2. The number of nitrogens with one attached hydrogen (secondary N) is 1. The highest BCUT2D eigenvalue weighted by Crippen LogP contribution is 2.33. The van der Waals surface area contributed by atoms with Gasteiger partial charge in [0.15, 0.2) is 0 Å². The van der Waals surface area contributed by atoms with Crippen LogP contribution in [0.15, 0.2) is 48.9 Å². The number of nitriles is 1. The highest BCUT2D eigenvalue weighted by atomic mass is 35.5. The molecule has 28 heavy (non-hydrogen) atoms. The lowest BCUT2D eigenvalue weighted by molar-refractivity contribution is 0.0697. The molecule has 3 aromatic rings. The van der Waals surface area contributed by atoms with Gasteiger partial charge in [0.1, 0.15) is 11.9 Å². The minimum Gasteiger partial charge on any atom is -0.478 e. The van der Waals surface area contributed by atoms with Crippen molar-refractivity contribution in [3.63, 3.8) is 0 Å². The van der Waals surface area contributed by atoms with Gasteiger partial charge in [-0.25, -0.2) is 9.78 Å². The Morgan fingerprint density at radius 1 is 1.21 bits per heavy atom. The molecule has 0 fully saturated rings. The van der Waals surface area contributed by atoms with Gasteiger partial charge in [-0.2, -0.15) is 5.26 Å². The van der Waals surface area contributed by atoms with Crippen LogP contribution in [0.1, 0.15) is 22.3 Å². The summed E-state index contributed by atoms with van der Waals surface area (Å²) in [7, 11) is 0. The van der Waals surface area contributed by atoms with Crippen LogP contribution in [0.25, 0.3) is 11.1 Å². The molecular formula is C20H16Cl2N4O2. The average molecular weight is 415 g/mol. The molecule has 0 amide bonds. The molecule has 0 bridgehead atoms. The number of pyridine rings is 1. The molecule has 0 aliphatic heterocycles. The Bertz CT molecular complexity index is 1040.